The summed E-state index contributed by atoms with van der Waals surface area (Å²) in [6.45, 7) is 29.8. The van der Waals surface area contributed by atoms with E-state index in [0.717, 1.165) is 19.6 Å². The molecule has 0 saturated carbocycles. The molecule has 5 aliphatic heterocycles. The van der Waals surface area contributed by atoms with E-state index >= 15 is 0 Å². The van der Waals surface area contributed by atoms with E-state index in [4.69, 9.17) is 0 Å². The van der Waals surface area contributed by atoms with Crippen molar-refractivity contribution >= 4 is 6.21 Å². The van der Waals surface area contributed by atoms with Gasteiger partial charge in [0.1, 0.15) is 7.05 Å². The summed E-state index contributed by atoms with van der Waals surface area (Å²) in [5.74, 6) is 0. The van der Waals surface area contributed by atoms with Crippen LogP contribution >= 0.6 is 0 Å². The Bertz CT molecular complexity index is 506. The molecule has 0 spiro atoms. The maximum Gasteiger partial charge on any atom is 0.163 e. The van der Waals surface area contributed by atoms with Crippen LogP contribution in [0.2, 0.25) is 0 Å². The normalized spacial score (nSPS) is 17.1. The lowest BCUT2D eigenvalue weighted by Crippen LogP contribution is -2.11. The van der Waals surface area contributed by atoms with Crippen LogP contribution < -0.4 is 0 Å². The second-order valence-electron chi connectivity index (χ2n) is 8.88. The lowest BCUT2D eigenvalue weighted by Gasteiger charge is -2.02. The summed E-state index contributed by atoms with van der Waals surface area (Å²) in [6.07, 6.45) is 21.8. The van der Waals surface area contributed by atoms with Gasteiger partial charge in [-0.15, -0.1) is 0 Å². The lowest BCUT2D eigenvalue weighted by molar-refractivity contribution is -0.477. The summed E-state index contributed by atoms with van der Waals surface area (Å²) >= 11 is 0. The molecule has 0 aromatic heterocycles. The predicted molar refractivity (Wildman–Crippen MR) is 196 cm³/mol. The number of hydrogen-bond acceptors (Lipinski definition) is 4. The first-order valence-electron chi connectivity index (χ1n) is 16.7. The number of nitrogens with zero attached hydrogens (tertiary/aromatic N) is 5. The summed E-state index contributed by atoms with van der Waals surface area (Å²) in [5.41, 5.74) is 0. The minimum atomic E-state index is 0. The van der Waals surface area contributed by atoms with Crippen molar-refractivity contribution in [2.45, 2.75) is 109 Å². The molecule has 5 nitrogen and oxygen atoms in total. The van der Waals surface area contributed by atoms with E-state index in [2.05, 4.69) is 102 Å². The number of likely N-dealkylation sites (tertiary alicyclic amines) is 2. The van der Waals surface area contributed by atoms with Gasteiger partial charge in [0.15, 0.2) is 12.8 Å². The molecule has 0 aromatic carbocycles. The number of rotatable bonds is 0. The summed E-state index contributed by atoms with van der Waals surface area (Å²) in [4.78, 5) is 9.15. The Morgan fingerprint density at radius 1 is 0.512 bits per heavy atom. The summed E-state index contributed by atoms with van der Waals surface area (Å²) < 4.78 is 2.12. The summed E-state index contributed by atoms with van der Waals surface area (Å²) in [7, 11) is 10.6. The van der Waals surface area contributed by atoms with E-state index in [1.54, 1.807) is 0 Å². The third-order valence-electron chi connectivity index (χ3n) is 5.54. The Kier molecular flexibility index (Phi) is 61.5. The van der Waals surface area contributed by atoms with Crippen LogP contribution in [0, 0.1) is 0 Å². The van der Waals surface area contributed by atoms with E-state index in [1.165, 1.54) is 64.8 Å². The minimum absolute atomic E-state index is 0. The molecule has 2 saturated heterocycles. The summed E-state index contributed by atoms with van der Waals surface area (Å²) in [5, 5.41) is 0. The quantitative estimate of drug-likeness (QED) is 0.209. The Morgan fingerprint density at radius 3 is 1.00 bits per heavy atom. The van der Waals surface area contributed by atoms with Gasteiger partial charge in [0.2, 0.25) is 0 Å². The zero-order valence-corrected chi connectivity index (χ0v) is 30.5. The topological polar surface area (TPSA) is 16.0 Å². The van der Waals surface area contributed by atoms with E-state index in [1.807, 2.05) is 69.2 Å². The molecule has 0 aromatic rings. The number of likely N-dealkylation sites (N-methyl/N-ethyl adjacent to an activating group) is 2. The highest BCUT2D eigenvalue weighted by atomic mass is 15.1. The van der Waals surface area contributed by atoms with Gasteiger partial charge in [0.25, 0.3) is 0 Å². The predicted octanol–water partition coefficient (Wildman–Crippen LogP) is 8.78. The first kappa shape index (κ1) is 52.2. The molecule has 5 aliphatic rings. The van der Waals surface area contributed by atoms with Crippen molar-refractivity contribution in [3.63, 3.8) is 0 Å². The van der Waals surface area contributed by atoms with Crippen molar-refractivity contribution in [1.82, 2.24) is 19.6 Å². The molecule has 5 heterocycles. The molecular formula is C36H82N5+. The molecular weight excluding hydrogens is 502 g/mol. The minimum Gasteiger partial charge on any atom is -0.380 e. The van der Waals surface area contributed by atoms with Crippen LogP contribution in [0.25, 0.3) is 0 Å². The molecule has 0 N–H and O–H groups in total. The van der Waals surface area contributed by atoms with Crippen molar-refractivity contribution in [1.29, 1.82) is 0 Å². The molecule has 0 radical (unpaired) electrons. The maximum atomic E-state index is 2.36. The van der Waals surface area contributed by atoms with Crippen LogP contribution in [-0.2, 0) is 0 Å². The Morgan fingerprint density at radius 2 is 0.902 bits per heavy atom. The monoisotopic (exact) mass is 585 g/mol. The maximum absolute atomic E-state index is 2.36. The molecule has 2 fully saturated rings. The van der Waals surface area contributed by atoms with Gasteiger partial charge in [-0.3, -0.25) is 4.90 Å². The van der Waals surface area contributed by atoms with Gasteiger partial charge in [-0.05, 0) is 91.7 Å². The van der Waals surface area contributed by atoms with Crippen molar-refractivity contribution in [3.05, 3.63) is 36.6 Å². The SMILES string of the molecule is C.CC.CC.CC.CC.CC.CN1C=CCC1.CN1CC=CC1.CN1CCCC1.CN1CCCC1.C[N+]1=CC=CC1. The van der Waals surface area contributed by atoms with Crippen molar-refractivity contribution in [3.8, 4) is 0 Å². The molecule has 41 heavy (non-hydrogen) atoms. The zero-order valence-electron chi connectivity index (χ0n) is 30.5. The van der Waals surface area contributed by atoms with Crippen LogP contribution in [0.3, 0.4) is 0 Å². The molecule has 0 bridgehead atoms. The molecule has 5 heteroatoms. The molecule has 0 aliphatic carbocycles. The summed E-state index contributed by atoms with van der Waals surface area (Å²) in [6, 6.07) is 0. The third kappa shape index (κ3) is 45.8. The highest BCUT2D eigenvalue weighted by Gasteiger charge is 2.04. The highest BCUT2D eigenvalue weighted by Crippen LogP contribution is 2.02. The van der Waals surface area contributed by atoms with E-state index in [-0.39, 0.29) is 7.43 Å². The van der Waals surface area contributed by atoms with Gasteiger partial charge in [-0.2, -0.15) is 0 Å². The number of hydrogen-bond donors (Lipinski definition) is 0. The average molecular weight is 585 g/mol. The fourth-order valence-electron chi connectivity index (χ4n) is 3.44. The van der Waals surface area contributed by atoms with Crippen LogP contribution in [0.1, 0.15) is 109 Å². The van der Waals surface area contributed by atoms with Crippen LogP contribution in [-0.4, -0.2) is 118 Å². The van der Waals surface area contributed by atoms with Crippen molar-refractivity contribution < 1.29 is 4.58 Å². The van der Waals surface area contributed by atoms with E-state index in [0.29, 0.717) is 0 Å². The van der Waals surface area contributed by atoms with Gasteiger partial charge < -0.3 is 14.7 Å². The first-order chi connectivity index (χ1) is 19.5. The standard InChI is InChI=1S/2C5H11N.2C5H9N.C5H8N.5C2H6.CH4/c5*1-6-4-2-3-5-6;5*1-2;/h2*2-5H2,1H3;2,4H,3,5H2,1H3;2-3H,4-5H2,1H3;2-4H,5H2,1H3;5*1-2H3;1H4/q;;;;+1;;;;;;. The molecule has 0 atom stereocenters. The lowest BCUT2D eigenvalue weighted by atomic mass is 10.4. The second kappa shape index (κ2) is 48.3. The first-order valence-corrected chi connectivity index (χ1v) is 16.7. The third-order valence-corrected chi connectivity index (χ3v) is 5.54. The Hall–Kier alpha value is -1.43. The van der Waals surface area contributed by atoms with Gasteiger partial charge in [0.05, 0.1) is 0 Å². The number of allylic oxidation sites excluding steroid dienone is 1. The Balaban J connectivity index is -0.0000000862. The van der Waals surface area contributed by atoms with Crippen LogP contribution in [0.4, 0.5) is 0 Å². The fourth-order valence-corrected chi connectivity index (χ4v) is 3.44. The Labute approximate surface area is 263 Å². The molecule has 250 valence electrons. The molecule has 5 rings (SSSR count). The molecule has 0 amide bonds. The van der Waals surface area contributed by atoms with Gasteiger partial charge in [-0.25, -0.2) is 4.58 Å². The van der Waals surface area contributed by atoms with Crippen molar-refractivity contribution in [2.24, 2.45) is 0 Å². The van der Waals surface area contributed by atoms with Gasteiger partial charge >= 0.3 is 0 Å². The highest BCUT2D eigenvalue weighted by molar-refractivity contribution is 5.67. The van der Waals surface area contributed by atoms with Crippen molar-refractivity contribution in [2.75, 3.05) is 87.6 Å². The van der Waals surface area contributed by atoms with Crippen LogP contribution in [0.5, 0.6) is 0 Å². The van der Waals surface area contributed by atoms with Crippen LogP contribution in [0.15, 0.2) is 36.6 Å². The zero-order chi connectivity index (χ0) is 32.0. The molecule has 0 unspecified atom stereocenters. The fraction of sp³-hybridized carbons (Fsp3) is 0.806. The second-order valence-corrected chi connectivity index (χ2v) is 8.88. The van der Waals surface area contributed by atoms with E-state index < -0.39 is 0 Å². The average Bonchev–Trinajstić information content (AvgIpc) is 3.86. The largest absolute Gasteiger partial charge is 0.380 e. The van der Waals surface area contributed by atoms with E-state index in [9.17, 15) is 0 Å². The van der Waals surface area contributed by atoms with Gasteiger partial charge in [-0.1, -0.05) is 94.9 Å². The smallest absolute Gasteiger partial charge is 0.163 e. The van der Waals surface area contributed by atoms with Gasteiger partial charge in [0, 0.05) is 32.8 Å².